The third-order valence-corrected chi connectivity index (χ3v) is 0.500. The first kappa shape index (κ1) is 5.67. The molecule has 1 unspecified atom stereocenters. The van der Waals surface area contributed by atoms with Crippen molar-refractivity contribution in [3.63, 3.8) is 0 Å². The molecular weight excluding hydrogens is 99.9 g/mol. The molecule has 5 heavy (non-hydrogen) atoms. The zero-order valence-corrected chi connectivity index (χ0v) is 4.75. The Morgan fingerprint density at radius 1 is 1.80 bits per heavy atom. The molecule has 0 amide bonds. The van der Waals surface area contributed by atoms with E-state index in [1.54, 1.807) is 0 Å². The molecule has 0 aliphatic carbocycles. The van der Waals surface area contributed by atoms with E-state index < -0.39 is 0 Å². The van der Waals surface area contributed by atoms with E-state index in [0.717, 1.165) is 6.61 Å². The van der Waals surface area contributed by atoms with Crippen molar-refractivity contribution in [1.82, 2.24) is 0 Å². The third kappa shape index (κ3) is 2.48. The Morgan fingerprint density at radius 2 is 2.00 bits per heavy atom. The second kappa shape index (κ2) is 1.96. The molecule has 1 fully saturated rings. The predicted octanol–water partition coefficient (Wildman–Crippen LogP) is 0.403. The molecule has 1 atom stereocenters. The Balaban J connectivity index is 0.000000160. The fourth-order valence-corrected chi connectivity index (χ4v) is 0.0962. The maximum atomic E-state index is 4.71. The molecule has 1 aliphatic heterocycles. The van der Waals surface area contributed by atoms with Gasteiger partial charge in [0.2, 0.25) is 0 Å². The van der Waals surface area contributed by atoms with Gasteiger partial charge in [-0.15, -0.1) is 0 Å². The molecule has 0 radical (unpaired) electrons. The number of epoxide rings is 1. The average molecular weight is 106 g/mol. The van der Waals surface area contributed by atoms with E-state index in [1.807, 2.05) is 0 Å². The van der Waals surface area contributed by atoms with Crippen molar-refractivity contribution >= 4 is 0 Å². The van der Waals surface area contributed by atoms with Crippen LogP contribution in [0.2, 0.25) is 0 Å². The van der Waals surface area contributed by atoms with Gasteiger partial charge < -0.3 is 4.74 Å². The number of hydrogen-bond acceptors (Lipinski definition) is 1. The summed E-state index contributed by atoms with van der Waals surface area (Å²) in [5.74, 6) is 0. The molecule has 0 aromatic heterocycles. The number of ether oxygens (including phenoxy) is 1. The molecule has 1 aliphatic rings. The largest absolute Gasteiger partial charge is 0.373 e. The van der Waals surface area contributed by atoms with E-state index in [2.05, 4.69) is 6.92 Å². The van der Waals surface area contributed by atoms with Crippen LogP contribution in [0.3, 0.4) is 0 Å². The summed E-state index contributed by atoms with van der Waals surface area (Å²) >= 11 is 0. The van der Waals surface area contributed by atoms with Crippen LogP contribution in [0.15, 0.2) is 0 Å². The zero-order valence-electron chi connectivity index (χ0n) is 3.19. The smallest absolute Gasteiger partial charge is 0.0781 e. The van der Waals surface area contributed by atoms with Gasteiger partial charge in [0.25, 0.3) is 0 Å². The Hall–Kier alpha value is 0.674. The molecule has 0 bridgehead atoms. The van der Waals surface area contributed by atoms with E-state index in [4.69, 9.17) is 4.74 Å². The van der Waals surface area contributed by atoms with Gasteiger partial charge in [-0.3, -0.25) is 0 Å². The van der Waals surface area contributed by atoms with Crippen LogP contribution in [-0.2, 0) is 26.5 Å². The Kier molecular flexibility index (Phi) is 2.22. The average Bonchev–Trinajstić information content (AvgIpc) is 1.75. The Bertz CT molecular complexity index is 26.1. The SMILES string of the molecule is CC1CO1.[Ti]. The van der Waals surface area contributed by atoms with Gasteiger partial charge >= 0.3 is 0 Å². The normalized spacial score (nSPS) is 31.8. The maximum Gasteiger partial charge on any atom is 0.0781 e. The summed E-state index contributed by atoms with van der Waals surface area (Å²) in [5.41, 5.74) is 0. The molecular formula is C3H6OTi. The van der Waals surface area contributed by atoms with Gasteiger partial charge in [0.15, 0.2) is 0 Å². The first-order valence-electron chi connectivity index (χ1n) is 1.51. The maximum absolute atomic E-state index is 4.71. The Labute approximate surface area is 46.6 Å². The van der Waals surface area contributed by atoms with Crippen LogP contribution in [0.4, 0.5) is 0 Å². The van der Waals surface area contributed by atoms with Crippen LogP contribution in [0.25, 0.3) is 0 Å². The van der Waals surface area contributed by atoms with Crippen LogP contribution in [0, 0.1) is 0 Å². The monoisotopic (exact) mass is 106 g/mol. The number of rotatable bonds is 0. The molecule has 1 saturated heterocycles. The van der Waals surface area contributed by atoms with E-state index in [0.29, 0.717) is 6.10 Å². The molecule has 0 saturated carbocycles. The van der Waals surface area contributed by atoms with E-state index >= 15 is 0 Å². The topological polar surface area (TPSA) is 12.5 Å². The Morgan fingerprint density at radius 3 is 2.00 bits per heavy atom. The van der Waals surface area contributed by atoms with E-state index in [9.17, 15) is 0 Å². The second-order valence-electron chi connectivity index (χ2n) is 1.14. The minimum Gasteiger partial charge on any atom is -0.373 e. The first-order chi connectivity index (χ1) is 1.89. The van der Waals surface area contributed by atoms with Crippen LogP contribution in [0.1, 0.15) is 6.92 Å². The van der Waals surface area contributed by atoms with Gasteiger partial charge in [-0.05, 0) is 6.92 Å². The third-order valence-electron chi connectivity index (χ3n) is 0.500. The standard InChI is InChI=1S/C3H6O.Ti/c1-3-2-4-3;/h3H,2H2,1H3;. The van der Waals surface area contributed by atoms with E-state index in [-0.39, 0.29) is 21.7 Å². The molecule has 1 nitrogen and oxygen atoms in total. The van der Waals surface area contributed by atoms with Crippen molar-refractivity contribution in [2.75, 3.05) is 6.61 Å². The van der Waals surface area contributed by atoms with E-state index in [1.165, 1.54) is 0 Å². The summed E-state index contributed by atoms with van der Waals surface area (Å²) < 4.78 is 4.71. The van der Waals surface area contributed by atoms with Gasteiger partial charge in [-0.2, -0.15) is 0 Å². The van der Waals surface area contributed by atoms with Gasteiger partial charge in [-0.1, -0.05) is 0 Å². The molecule has 0 aromatic rings. The molecule has 1 heterocycles. The first-order valence-corrected chi connectivity index (χ1v) is 1.51. The van der Waals surface area contributed by atoms with Gasteiger partial charge in [-0.25, -0.2) is 0 Å². The summed E-state index contributed by atoms with van der Waals surface area (Å²) in [6.07, 6.45) is 0.583. The van der Waals surface area contributed by atoms with Crippen molar-refractivity contribution in [3.05, 3.63) is 0 Å². The molecule has 28 valence electrons. The van der Waals surface area contributed by atoms with Crippen LogP contribution < -0.4 is 0 Å². The minimum absolute atomic E-state index is 0. The van der Waals surface area contributed by atoms with Crippen molar-refractivity contribution in [2.45, 2.75) is 13.0 Å². The van der Waals surface area contributed by atoms with Gasteiger partial charge in [0.05, 0.1) is 12.7 Å². The van der Waals surface area contributed by atoms with Crippen LogP contribution in [-0.4, -0.2) is 12.7 Å². The molecule has 0 N–H and O–H groups in total. The number of hydrogen-bond donors (Lipinski definition) is 0. The fraction of sp³-hybridized carbons (Fsp3) is 1.00. The van der Waals surface area contributed by atoms with Crippen LogP contribution in [0.5, 0.6) is 0 Å². The van der Waals surface area contributed by atoms with Crippen molar-refractivity contribution in [1.29, 1.82) is 0 Å². The second-order valence-corrected chi connectivity index (χ2v) is 1.14. The zero-order chi connectivity index (χ0) is 2.99. The summed E-state index contributed by atoms with van der Waals surface area (Å²) in [7, 11) is 0. The fourth-order valence-electron chi connectivity index (χ4n) is 0.0962. The summed E-state index contributed by atoms with van der Waals surface area (Å²) in [5, 5.41) is 0. The van der Waals surface area contributed by atoms with Crippen molar-refractivity contribution in [3.8, 4) is 0 Å². The summed E-state index contributed by atoms with van der Waals surface area (Å²) in [4.78, 5) is 0. The summed E-state index contributed by atoms with van der Waals surface area (Å²) in [6, 6.07) is 0. The van der Waals surface area contributed by atoms with Crippen LogP contribution >= 0.6 is 0 Å². The predicted molar refractivity (Wildman–Crippen MR) is 15.4 cm³/mol. The summed E-state index contributed by atoms with van der Waals surface area (Å²) in [6.45, 7) is 3.04. The molecule has 0 spiro atoms. The van der Waals surface area contributed by atoms with Crippen molar-refractivity contribution < 1.29 is 26.5 Å². The minimum atomic E-state index is 0. The molecule has 1 rings (SSSR count). The molecule has 2 heteroatoms. The van der Waals surface area contributed by atoms with Gasteiger partial charge in [0.1, 0.15) is 0 Å². The van der Waals surface area contributed by atoms with Gasteiger partial charge in [0, 0.05) is 21.7 Å². The van der Waals surface area contributed by atoms with Crippen molar-refractivity contribution in [2.24, 2.45) is 0 Å². The quantitative estimate of drug-likeness (QED) is 0.321. The molecule has 0 aromatic carbocycles.